The predicted octanol–water partition coefficient (Wildman–Crippen LogP) is 2.25. The smallest absolute Gasteiger partial charge is 0.407 e. The van der Waals surface area contributed by atoms with Crippen molar-refractivity contribution in [2.24, 2.45) is 5.73 Å². The van der Waals surface area contributed by atoms with Crippen molar-refractivity contribution in [3.63, 3.8) is 0 Å². The molecule has 0 radical (unpaired) electrons. The highest BCUT2D eigenvalue weighted by Gasteiger charge is 2.34. The number of unbranched alkanes of at least 4 members (excludes halogenated alkanes) is 1. The van der Waals surface area contributed by atoms with Gasteiger partial charge < -0.3 is 25.6 Å². The van der Waals surface area contributed by atoms with E-state index >= 15 is 0 Å². The van der Waals surface area contributed by atoms with Gasteiger partial charge in [-0.05, 0) is 37.5 Å². The molecule has 4 N–H and O–H groups in total. The first-order valence-corrected chi connectivity index (χ1v) is 11.1. The number of nitrogens with one attached hydrogen (secondary N) is 1. The second kappa shape index (κ2) is 8.88. The Kier molecular flexibility index (Phi) is 5.76. The summed E-state index contributed by atoms with van der Waals surface area (Å²) >= 11 is 0. The van der Waals surface area contributed by atoms with Crippen molar-refractivity contribution in [1.82, 2.24) is 14.9 Å². The van der Waals surface area contributed by atoms with Crippen molar-refractivity contribution in [3.05, 3.63) is 57.9 Å². The second-order valence-corrected chi connectivity index (χ2v) is 8.43. The van der Waals surface area contributed by atoms with E-state index in [-0.39, 0.29) is 18.8 Å². The van der Waals surface area contributed by atoms with Crippen LogP contribution in [0.25, 0.3) is 28.0 Å². The maximum Gasteiger partial charge on any atom is 0.407 e. The van der Waals surface area contributed by atoms with Gasteiger partial charge in [0, 0.05) is 17.5 Å². The molecule has 0 saturated heterocycles. The first-order valence-electron chi connectivity index (χ1n) is 11.1. The number of nitrogens with zero attached hydrogens (tertiary/aromatic N) is 2. The van der Waals surface area contributed by atoms with Gasteiger partial charge in [-0.15, -0.1) is 0 Å². The molecule has 0 spiro atoms. The maximum atomic E-state index is 13.2. The molecule has 10 heteroatoms. The predicted molar refractivity (Wildman–Crippen MR) is 123 cm³/mol. The number of carboxylic acid groups (broad SMARTS) is 1. The fourth-order valence-electron chi connectivity index (χ4n) is 4.35. The Balaban J connectivity index is 1.29. The molecule has 1 aromatic carbocycles. The quantitative estimate of drug-likeness (QED) is 0.353. The van der Waals surface area contributed by atoms with Crippen LogP contribution >= 0.6 is 0 Å². The average Bonchev–Trinajstić information content (AvgIpc) is 2.82. The number of pyridine rings is 2. The largest absolute Gasteiger partial charge is 0.480 e. The fraction of sp³-hybridized carbons (Fsp3) is 0.333. The van der Waals surface area contributed by atoms with Gasteiger partial charge in [0.2, 0.25) is 0 Å². The minimum absolute atomic E-state index is 0.148. The van der Waals surface area contributed by atoms with Crippen molar-refractivity contribution in [1.29, 1.82) is 0 Å². The normalized spacial score (nSPS) is 16.6. The van der Waals surface area contributed by atoms with E-state index in [9.17, 15) is 14.4 Å². The number of alkyl carbamates (subject to hydrolysis) is 1. The Bertz CT molecular complexity index is 1350. The summed E-state index contributed by atoms with van der Waals surface area (Å²) < 4.78 is 12.7. The van der Waals surface area contributed by atoms with Crippen molar-refractivity contribution in [2.45, 2.75) is 38.0 Å². The molecule has 2 aliphatic rings. The summed E-state index contributed by atoms with van der Waals surface area (Å²) in [6.07, 6.45) is 0.116. The molecule has 2 atom stereocenters. The number of aliphatic carboxylic acids is 1. The highest BCUT2D eigenvalue weighted by atomic mass is 16.6. The zero-order valence-corrected chi connectivity index (χ0v) is 18.3. The first-order chi connectivity index (χ1) is 16.4. The molecule has 0 fully saturated rings. The van der Waals surface area contributed by atoms with Gasteiger partial charge in [0.05, 0.1) is 35.7 Å². The number of amides is 1. The Morgan fingerprint density at radius 3 is 2.94 bits per heavy atom. The number of carbonyl (C=O) groups is 2. The number of ether oxygens (including phenoxy) is 2. The molecule has 0 saturated carbocycles. The number of rotatable bonds is 7. The summed E-state index contributed by atoms with van der Waals surface area (Å²) in [5.74, 6) is -1.04. The van der Waals surface area contributed by atoms with E-state index in [2.05, 4.69) is 5.32 Å². The van der Waals surface area contributed by atoms with Crippen LogP contribution in [0.2, 0.25) is 0 Å². The molecule has 0 aliphatic carbocycles. The molecule has 10 nitrogen and oxygen atoms in total. The highest BCUT2D eigenvalue weighted by molar-refractivity contribution is 5.90. The van der Waals surface area contributed by atoms with E-state index in [1.54, 1.807) is 4.57 Å². The number of hydrogen-bond acceptors (Lipinski definition) is 7. The molecule has 0 bridgehead atoms. The van der Waals surface area contributed by atoms with Crippen molar-refractivity contribution >= 4 is 23.0 Å². The fourth-order valence-corrected chi connectivity index (χ4v) is 4.35. The third kappa shape index (κ3) is 3.91. The topological polar surface area (TPSA) is 146 Å². The highest BCUT2D eigenvalue weighted by Crippen LogP contribution is 2.40. The molecule has 176 valence electrons. The van der Waals surface area contributed by atoms with Gasteiger partial charge >= 0.3 is 12.1 Å². The minimum atomic E-state index is -1.04. The number of carboxylic acids is 1. The summed E-state index contributed by atoms with van der Waals surface area (Å²) in [5, 5.41) is 12.4. The standard InChI is InChI=1S/C24H24N4O6/c25-16(23(30)31)6-3-4-8-26-24(32)34-20-12-33-11-15-14(20)10-19-21-18(28(19)22(15)29)9-13-5-1-2-7-17(13)27-21/h1-2,5,7,9-10,16,20H,3-4,6,8,11-12,25H2,(H,26,32)(H,30,31)/t16?,20-/m1/s1. The van der Waals surface area contributed by atoms with Crippen LogP contribution < -0.4 is 16.6 Å². The summed E-state index contributed by atoms with van der Waals surface area (Å²) in [6, 6.07) is 10.6. The monoisotopic (exact) mass is 464 g/mol. The number of carbonyl (C=O) groups excluding carboxylic acids is 1. The van der Waals surface area contributed by atoms with E-state index < -0.39 is 24.2 Å². The molecule has 2 aromatic heterocycles. The number of para-hydroxylation sites is 1. The molecule has 34 heavy (non-hydrogen) atoms. The van der Waals surface area contributed by atoms with Gasteiger partial charge in [-0.3, -0.25) is 14.2 Å². The van der Waals surface area contributed by atoms with Crippen LogP contribution in [-0.2, 0) is 20.9 Å². The van der Waals surface area contributed by atoms with Gasteiger partial charge in [0.1, 0.15) is 11.7 Å². The second-order valence-electron chi connectivity index (χ2n) is 8.43. The molecule has 4 heterocycles. The number of aromatic nitrogens is 2. The SMILES string of the molecule is NC(CCCCNC(=O)O[C@@H]1COCc2c1cc1n(c2=O)-c2cc3ccccc3nc2-1)C(=O)O. The molecular weight excluding hydrogens is 440 g/mol. The van der Waals surface area contributed by atoms with Gasteiger partial charge in [0.25, 0.3) is 5.56 Å². The maximum absolute atomic E-state index is 13.2. The summed E-state index contributed by atoms with van der Waals surface area (Å²) in [5.41, 5.74) is 9.40. The van der Waals surface area contributed by atoms with Crippen LogP contribution in [0.4, 0.5) is 4.79 Å². The Morgan fingerprint density at radius 2 is 2.12 bits per heavy atom. The van der Waals surface area contributed by atoms with Crippen LogP contribution in [-0.4, -0.2) is 45.9 Å². The molecular formula is C24H24N4O6. The summed E-state index contributed by atoms with van der Waals surface area (Å²) in [7, 11) is 0. The Labute approximate surface area is 194 Å². The van der Waals surface area contributed by atoms with Gasteiger partial charge in [-0.25, -0.2) is 9.78 Å². The van der Waals surface area contributed by atoms with E-state index in [4.69, 9.17) is 25.3 Å². The van der Waals surface area contributed by atoms with Gasteiger partial charge in [0.15, 0.2) is 6.10 Å². The van der Waals surface area contributed by atoms with E-state index in [1.165, 1.54) is 0 Å². The van der Waals surface area contributed by atoms with Crippen LogP contribution in [0.5, 0.6) is 0 Å². The summed E-state index contributed by atoms with van der Waals surface area (Å²) in [4.78, 5) is 41.0. The van der Waals surface area contributed by atoms with Crippen molar-refractivity contribution in [2.75, 3.05) is 13.2 Å². The van der Waals surface area contributed by atoms with E-state index in [0.717, 1.165) is 22.3 Å². The molecule has 2 aliphatic heterocycles. The average molecular weight is 464 g/mol. The number of hydrogen-bond donors (Lipinski definition) is 3. The van der Waals surface area contributed by atoms with Crippen molar-refractivity contribution in [3.8, 4) is 17.1 Å². The Hall–Kier alpha value is -3.76. The third-order valence-electron chi connectivity index (χ3n) is 6.17. The zero-order valence-electron chi connectivity index (χ0n) is 18.3. The Morgan fingerprint density at radius 1 is 1.29 bits per heavy atom. The first kappa shape index (κ1) is 22.1. The molecule has 1 amide bonds. The summed E-state index contributed by atoms with van der Waals surface area (Å²) in [6.45, 7) is 0.619. The molecule has 5 rings (SSSR count). The zero-order chi connectivity index (χ0) is 23.8. The van der Waals surface area contributed by atoms with Crippen LogP contribution in [0.3, 0.4) is 0 Å². The lowest BCUT2D eigenvalue weighted by atomic mass is 9.96. The van der Waals surface area contributed by atoms with Crippen LogP contribution in [0.15, 0.2) is 41.2 Å². The van der Waals surface area contributed by atoms with E-state index in [1.807, 2.05) is 36.4 Å². The molecule has 1 unspecified atom stereocenters. The number of nitrogens with two attached hydrogens (primary N) is 1. The molecule has 3 aromatic rings. The van der Waals surface area contributed by atoms with Crippen molar-refractivity contribution < 1.29 is 24.2 Å². The third-order valence-corrected chi connectivity index (χ3v) is 6.17. The van der Waals surface area contributed by atoms with Gasteiger partial charge in [-0.1, -0.05) is 18.2 Å². The van der Waals surface area contributed by atoms with Gasteiger partial charge in [-0.2, -0.15) is 0 Å². The lowest BCUT2D eigenvalue weighted by Gasteiger charge is -2.31. The lowest BCUT2D eigenvalue weighted by Crippen LogP contribution is -2.37. The number of benzene rings is 1. The minimum Gasteiger partial charge on any atom is -0.480 e. The number of fused-ring (bicyclic) bond motifs is 6. The van der Waals surface area contributed by atoms with Crippen LogP contribution in [0, 0.1) is 0 Å². The van der Waals surface area contributed by atoms with E-state index in [0.29, 0.717) is 42.6 Å². The van der Waals surface area contributed by atoms with Crippen LogP contribution in [0.1, 0.15) is 36.5 Å². The lowest BCUT2D eigenvalue weighted by molar-refractivity contribution is -0.138.